The number of nitrogens with zero attached hydrogens (tertiary/aromatic N) is 2. The third-order valence-electron chi connectivity index (χ3n) is 5.53. The van der Waals surface area contributed by atoms with Crippen molar-refractivity contribution in [3.05, 3.63) is 15.6 Å². The lowest BCUT2D eigenvalue weighted by molar-refractivity contribution is -0.133. The monoisotopic (exact) mass is 407 g/mol. The van der Waals surface area contributed by atoms with Gasteiger partial charge in [-0.2, -0.15) is 0 Å². The number of piperidine rings is 1. The highest BCUT2D eigenvalue weighted by atomic mass is 35.5. The van der Waals surface area contributed by atoms with Gasteiger partial charge in [0, 0.05) is 13.5 Å². The number of hydrogen-bond acceptors (Lipinski definition) is 4. The van der Waals surface area contributed by atoms with E-state index in [2.05, 4.69) is 24.1 Å². The molecule has 25 heavy (non-hydrogen) atoms. The summed E-state index contributed by atoms with van der Waals surface area (Å²) in [6, 6.07) is 0.245. The second kappa shape index (κ2) is 10.1. The zero-order valence-electron chi connectivity index (χ0n) is 15.4. The average Bonchev–Trinajstić information content (AvgIpc) is 2.95. The summed E-state index contributed by atoms with van der Waals surface area (Å²) in [6.45, 7) is 6.51. The quantitative estimate of drug-likeness (QED) is 0.814. The molecule has 3 atom stereocenters. The molecule has 3 rings (SSSR count). The van der Waals surface area contributed by atoms with E-state index in [4.69, 9.17) is 0 Å². The molecule has 1 aromatic rings. The molecule has 144 valence electrons. The molecule has 7 heteroatoms. The van der Waals surface area contributed by atoms with E-state index >= 15 is 0 Å². The number of rotatable bonds is 4. The number of nitrogens with one attached hydrogen (secondary N) is 1. The summed E-state index contributed by atoms with van der Waals surface area (Å²) >= 11 is 1.78. The van der Waals surface area contributed by atoms with Gasteiger partial charge < -0.3 is 10.2 Å². The van der Waals surface area contributed by atoms with Crippen LogP contribution in [0, 0.1) is 18.8 Å². The van der Waals surface area contributed by atoms with Crippen molar-refractivity contribution in [2.45, 2.75) is 58.4 Å². The van der Waals surface area contributed by atoms with Crippen LogP contribution in [0.15, 0.2) is 0 Å². The van der Waals surface area contributed by atoms with Gasteiger partial charge in [-0.3, -0.25) is 4.79 Å². The number of amides is 1. The molecule has 1 N–H and O–H groups in total. The third-order valence-corrected chi connectivity index (χ3v) is 6.64. The standard InChI is InChI=1S/C18H29N3OS.2ClH/c1-12(14-6-5-9-19-11-14)10-17(22)21(3)16-8-4-7-15-18(16)23-13(2)20-15;;/h12,14,16,19H,4-11H2,1-3H3;2*1H. The fourth-order valence-electron chi connectivity index (χ4n) is 4.01. The van der Waals surface area contributed by atoms with Crippen molar-refractivity contribution in [1.29, 1.82) is 0 Å². The molecule has 2 aliphatic rings. The Hall–Kier alpha value is -0.360. The van der Waals surface area contributed by atoms with Crippen molar-refractivity contribution in [2.24, 2.45) is 11.8 Å². The van der Waals surface area contributed by atoms with E-state index in [0.717, 1.165) is 37.4 Å². The second-order valence-corrected chi connectivity index (χ2v) is 8.48. The molecule has 0 radical (unpaired) electrons. The van der Waals surface area contributed by atoms with Gasteiger partial charge in [0.2, 0.25) is 5.91 Å². The first-order chi connectivity index (χ1) is 11.1. The van der Waals surface area contributed by atoms with Gasteiger partial charge in [-0.05, 0) is 64.0 Å². The Kier molecular flexibility index (Phi) is 9.16. The molecule has 1 saturated heterocycles. The van der Waals surface area contributed by atoms with Crippen LogP contribution in [0.25, 0.3) is 0 Å². The van der Waals surface area contributed by atoms with Crippen molar-refractivity contribution in [3.63, 3.8) is 0 Å². The molecular formula is C18H31Cl2N3OS. The summed E-state index contributed by atoms with van der Waals surface area (Å²) in [7, 11) is 1.99. The highest BCUT2D eigenvalue weighted by molar-refractivity contribution is 7.11. The van der Waals surface area contributed by atoms with Crippen LogP contribution in [0.1, 0.15) is 60.6 Å². The van der Waals surface area contributed by atoms with Crippen LogP contribution in [0.3, 0.4) is 0 Å². The molecular weight excluding hydrogens is 377 g/mol. The van der Waals surface area contributed by atoms with E-state index in [1.165, 1.54) is 23.4 Å². The molecule has 3 unspecified atom stereocenters. The lowest BCUT2D eigenvalue weighted by atomic mass is 9.85. The van der Waals surface area contributed by atoms with Crippen LogP contribution in [0.5, 0.6) is 0 Å². The maximum Gasteiger partial charge on any atom is 0.223 e. The summed E-state index contributed by atoms with van der Waals surface area (Å²) < 4.78 is 0. The SMILES string of the molecule is Cc1nc2c(s1)C(N(C)C(=O)CC(C)C1CCCNC1)CCC2.Cl.Cl. The smallest absolute Gasteiger partial charge is 0.223 e. The predicted octanol–water partition coefficient (Wildman–Crippen LogP) is 4.16. The summed E-state index contributed by atoms with van der Waals surface area (Å²) in [5.74, 6) is 1.41. The van der Waals surface area contributed by atoms with Crippen molar-refractivity contribution < 1.29 is 4.79 Å². The molecule has 1 aliphatic carbocycles. The maximum atomic E-state index is 12.8. The molecule has 1 aliphatic heterocycles. The predicted molar refractivity (Wildman–Crippen MR) is 109 cm³/mol. The van der Waals surface area contributed by atoms with Gasteiger partial charge in [0.15, 0.2) is 0 Å². The lowest BCUT2D eigenvalue weighted by Gasteiger charge is -2.33. The number of aromatic nitrogens is 1. The minimum atomic E-state index is 0. The van der Waals surface area contributed by atoms with E-state index in [9.17, 15) is 4.79 Å². The van der Waals surface area contributed by atoms with E-state index in [-0.39, 0.29) is 30.9 Å². The van der Waals surface area contributed by atoms with Crippen LogP contribution in [0.4, 0.5) is 0 Å². The highest BCUT2D eigenvalue weighted by Gasteiger charge is 2.31. The molecule has 0 spiro atoms. The zero-order valence-corrected chi connectivity index (χ0v) is 17.9. The summed E-state index contributed by atoms with van der Waals surface area (Å²) in [4.78, 5) is 20.8. The van der Waals surface area contributed by atoms with E-state index in [1.807, 2.05) is 11.9 Å². The Morgan fingerprint density at radius 2 is 2.12 bits per heavy atom. The van der Waals surface area contributed by atoms with Gasteiger partial charge in [0.1, 0.15) is 0 Å². The van der Waals surface area contributed by atoms with Gasteiger partial charge in [-0.25, -0.2) is 4.98 Å². The second-order valence-electron chi connectivity index (χ2n) is 7.24. The van der Waals surface area contributed by atoms with Gasteiger partial charge in [0.25, 0.3) is 0 Å². The van der Waals surface area contributed by atoms with Crippen LogP contribution in [-0.2, 0) is 11.2 Å². The molecule has 2 heterocycles. The van der Waals surface area contributed by atoms with Crippen LogP contribution in [-0.4, -0.2) is 35.9 Å². The van der Waals surface area contributed by atoms with Gasteiger partial charge in [-0.15, -0.1) is 36.2 Å². The minimum absolute atomic E-state index is 0. The Morgan fingerprint density at radius 1 is 1.36 bits per heavy atom. The number of halogens is 2. The number of carbonyl (C=O) groups excluding carboxylic acids is 1. The van der Waals surface area contributed by atoms with Gasteiger partial charge >= 0.3 is 0 Å². The molecule has 1 fully saturated rings. The largest absolute Gasteiger partial charge is 0.338 e. The van der Waals surface area contributed by atoms with Crippen LogP contribution in [0.2, 0.25) is 0 Å². The molecule has 0 bridgehead atoms. The van der Waals surface area contributed by atoms with E-state index in [0.29, 0.717) is 24.2 Å². The zero-order chi connectivity index (χ0) is 16.4. The van der Waals surface area contributed by atoms with Crippen molar-refractivity contribution >= 4 is 42.1 Å². The Morgan fingerprint density at radius 3 is 2.80 bits per heavy atom. The number of carbonyl (C=O) groups is 1. The first-order valence-electron chi connectivity index (χ1n) is 8.99. The lowest BCUT2D eigenvalue weighted by Crippen LogP contribution is -2.37. The highest BCUT2D eigenvalue weighted by Crippen LogP contribution is 2.38. The number of aryl methyl sites for hydroxylation is 2. The average molecular weight is 408 g/mol. The van der Waals surface area contributed by atoms with Crippen LogP contribution < -0.4 is 5.32 Å². The van der Waals surface area contributed by atoms with Crippen LogP contribution >= 0.6 is 36.2 Å². The topological polar surface area (TPSA) is 45.2 Å². The number of fused-ring (bicyclic) bond motifs is 1. The van der Waals surface area contributed by atoms with E-state index < -0.39 is 0 Å². The first kappa shape index (κ1) is 22.7. The Bertz CT molecular complexity index is 561. The Labute approximate surface area is 168 Å². The number of hydrogen-bond donors (Lipinski definition) is 1. The summed E-state index contributed by atoms with van der Waals surface area (Å²) in [6.07, 6.45) is 6.46. The van der Waals surface area contributed by atoms with Crippen molar-refractivity contribution in [2.75, 3.05) is 20.1 Å². The van der Waals surface area contributed by atoms with Crippen molar-refractivity contribution in [3.8, 4) is 0 Å². The molecule has 1 aromatic heterocycles. The third kappa shape index (κ3) is 5.31. The molecule has 0 saturated carbocycles. The fourth-order valence-corrected chi connectivity index (χ4v) is 5.16. The minimum Gasteiger partial charge on any atom is -0.338 e. The van der Waals surface area contributed by atoms with Gasteiger partial charge in [0.05, 0.1) is 21.6 Å². The Balaban J connectivity index is 0.00000156. The van der Waals surface area contributed by atoms with Gasteiger partial charge in [-0.1, -0.05) is 6.92 Å². The van der Waals surface area contributed by atoms with E-state index in [1.54, 1.807) is 11.3 Å². The molecule has 0 aromatic carbocycles. The first-order valence-corrected chi connectivity index (χ1v) is 9.80. The maximum absolute atomic E-state index is 12.8. The summed E-state index contributed by atoms with van der Waals surface area (Å²) in [5, 5.41) is 4.59. The fraction of sp³-hybridized carbons (Fsp3) is 0.778. The normalized spacial score (nSPS) is 23.6. The molecule has 4 nitrogen and oxygen atoms in total. The number of thiazole rings is 1. The summed E-state index contributed by atoms with van der Waals surface area (Å²) in [5.41, 5.74) is 1.23. The van der Waals surface area contributed by atoms with Crippen molar-refractivity contribution in [1.82, 2.24) is 15.2 Å². The molecule has 1 amide bonds.